The lowest BCUT2D eigenvalue weighted by atomic mass is 9.99. The number of nitrogens with zero attached hydrogens (tertiary/aromatic N) is 3. The standard InChI is InChI=1S/C13H18N4O2/c1-13(2)12(19)14-6-7-17(13)11(18)5-4-10-8-15-16(3)9-10/h4-5,8-9H,6-7H2,1-3H3,(H,14,19). The Bertz CT molecular complexity index is 531. The van der Waals surface area contributed by atoms with E-state index in [1.807, 2.05) is 13.2 Å². The number of carbonyl (C=O) groups excluding carboxylic acids is 2. The van der Waals surface area contributed by atoms with Gasteiger partial charge in [0.1, 0.15) is 5.54 Å². The van der Waals surface area contributed by atoms with Crippen molar-refractivity contribution in [3.8, 4) is 0 Å². The highest BCUT2D eigenvalue weighted by Crippen LogP contribution is 2.18. The minimum absolute atomic E-state index is 0.123. The lowest BCUT2D eigenvalue weighted by Crippen LogP contribution is -2.63. The van der Waals surface area contributed by atoms with Gasteiger partial charge in [-0.3, -0.25) is 14.3 Å². The van der Waals surface area contributed by atoms with Crippen LogP contribution in [0, 0.1) is 0 Å². The summed E-state index contributed by atoms with van der Waals surface area (Å²) in [4.78, 5) is 25.5. The Hall–Kier alpha value is -2.11. The summed E-state index contributed by atoms with van der Waals surface area (Å²) in [5.41, 5.74) is 0.0457. The number of aromatic nitrogens is 2. The van der Waals surface area contributed by atoms with Gasteiger partial charge in [-0.1, -0.05) is 0 Å². The molecule has 0 atom stereocenters. The van der Waals surface area contributed by atoms with Crippen LogP contribution in [-0.4, -0.2) is 45.1 Å². The summed E-state index contributed by atoms with van der Waals surface area (Å²) in [5.74, 6) is -0.286. The molecule has 0 aromatic carbocycles. The van der Waals surface area contributed by atoms with E-state index in [9.17, 15) is 9.59 Å². The van der Waals surface area contributed by atoms with Gasteiger partial charge in [0.05, 0.1) is 6.20 Å². The van der Waals surface area contributed by atoms with Gasteiger partial charge >= 0.3 is 0 Å². The van der Waals surface area contributed by atoms with Gasteiger partial charge in [-0.25, -0.2) is 0 Å². The first kappa shape index (κ1) is 13.3. The van der Waals surface area contributed by atoms with E-state index in [1.54, 1.807) is 35.7 Å². The van der Waals surface area contributed by atoms with Crippen LogP contribution in [0.15, 0.2) is 18.5 Å². The van der Waals surface area contributed by atoms with Crippen LogP contribution in [0.2, 0.25) is 0 Å². The van der Waals surface area contributed by atoms with Crippen LogP contribution in [0.4, 0.5) is 0 Å². The molecule has 0 saturated carbocycles. The molecule has 1 aromatic rings. The second kappa shape index (κ2) is 4.87. The number of piperazine rings is 1. The molecular weight excluding hydrogens is 244 g/mol. The van der Waals surface area contributed by atoms with Gasteiger partial charge in [0, 0.05) is 38.0 Å². The Balaban J connectivity index is 2.11. The summed E-state index contributed by atoms with van der Waals surface area (Å²) in [7, 11) is 1.82. The second-order valence-electron chi connectivity index (χ2n) is 5.09. The Morgan fingerprint density at radius 3 is 2.89 bits per heavy atom. The molecule has 0 unspecified atom stereocenters. The quantitative estimate of drug-likeness (QED) is 0.773. The maximum atomic E-state index is 12.2. The van der Waals surface area contributed by atoms with Crippen LogP contribution >= 0.6 is 0 Å². The molecule has 1 aliphatic heterocycles. The third-order valence-corrected chi connectivity index (χ3v) is 3.26. The van der Waals surface area contributed by atoms with Gasteiger partial charge in [0.25, 0.3) is 0 Å². The van der Waals surface area contributed by atoms with Crippen LogP contribution in [0.3, 0.4) is 0 Å². The third-order valence-electron chi connectivity index (χ3n) is 3.26. The largest absolute Gasteiger partial charge is 0.352 e. The van der Waals surface area contributed by atoms with E-state index in [1.165, 1.54) is 6.08 Å². The average molecular weight is 262 g/mol. The normalized spacial score (nSPS) is 18.7. The first-order chi connectivity index (χ1) is 8.91. The number of aryl methyl sites for hydroxylation is 1. The summed E-state index contributed by atoms with van der Waals surface area (Å²) in [6.45, 7) is 4.51. The molecule has 19 heavy (non-hydrogen) atoms. The van der Waals surface area contributed by atoms with E-state index >= 15 is 0 Å². The minimum Gasteiger partial charge on any atom is -0.352 e. The zero-order valence-corrected chi connectivity index (χ0v) is 11.4. The molecule has 2 heterocycles. The van der Waals surface area contributed by atoms with Gasteiger partial charge in [0.2, 0.25) is 11.8 Å². The Kier molecular flexibility index (Phi) is 3.42. The van der Waals surface area contributed by atoms with Crippen molar-refractivity contribution in [1.82, 2.24) is 20.0 Å². The number of rotatable bonds is 2. The van der Waals surface area contributed by atoms with Gasteiger partial charge in [-0.2, -0.15) is 5.10 Å². The van der Waals surface area contributed by atoms with Crippen molar-refractivity contribution < 1.29 is 9.59 Å². The molecule has 6 heteroatoms. The van der Waals surface area contributed by atoms with Crippen molar-refractivity contribution in [2.24, 2.45) is 7.05 Å². The topological polar surface area (TPSA) is 67.2 Å². The number of amides is 2. The molecule has 2 rings (SSSR count). The maximum Gasteiger partial charge on any atom is 0.247 e. The van der Waals surface area contributed by atoms with E-state index in [0.29, 0.717) is 13.1 Å². The highest BCUT2D eigenvalue weighted by Gasteiger charge is 2.39. The van der Waals surface area contributed by atoms with Crippen molar-refractivity contribution >= 4 is 17.9 Å². The van der Waals surface area contributed by atoms with Gasteiger partial charge in [-0.15, -0.1) is 0 Å². The van der Waals surface area contributed by atoms with Crippen LogP contribution < -0.4 is 5.32 Å². The van der Waals surface area contributed by atoms with Crippen molar-refractivity contribution in [2.75, 3.05) is 13.1 Å². The van der Waals surface area contributed by atoms with E-state index < -0.39 is 5.54 Å². The summed E-state index contributed by atoms with van der Waals surface area (Å²) < 4.78 is 1.67. The number of carbonyl (C=O) groups is 2. The van der Waals surface area contributed by atoms with Crippen molar-refractivity contribution in [3.63, 3.8) is 0 Å². The monoisotopic (exact) mass is 262 g/mol. The van der Waals surface area contributed by atoms with Crippen LogP contribution in [-0.2, 0) is 16.6 Å². The summed E-state index contributed by atoms with van der Waals surface area (Å²) >= 11 is 0. The number of nitrogens with one attached hydrogen (secondary N) is 1. The Morgan fingerprint density at radius 1 is 1.53 bits per heavy atom. The molecule has 6 nitrogen and oxygen atoms in total. The zero-order chi connectivity index (χ0) is 14.0. The summed E-state index contributed by atoms with van der Waals surface area (Å²) in [5, 5.41) is 6.79. The van der Waals surface area contributed by atoms with Crippen LogP contribution in [0.1, 0.15) is 19.4 Å². The summed E-state index contributed by atoms with van der Waals surface area (Å²) in [6, 6.07) is 0. The van der Waals surface area contributed by atoms with Crippen LogP contribution in [0.5, 0.6) is 0 Å². The highest BCUT2D eigenvalue weighted by molar-refractivity contribution is 5.97. The maximum absolute atomic E-state index is 12.2. The molecule has 1 aromatic heterocycles. The minimum atomic E-state index is -0.811. The first-order valence-corrected chi connectivity index (χ1v) is 6.18. The predicted octanol–water partition coefficient (Wildman–Crippen LogP) is 0.170. The second-order valence-corrected chi connectivity index (χ2v) is 5.09. The average Bonchev–Trinajstić information content (AvgIpc) is 2.75. The van der Waals surface area contributed by atoms with E-state index in [0.717, 1.165) is 5.56 Å². The van der Waals surface area contributed by atoms with E-state index in [-0.39, 0.29) is 11.8 Å². The fourth-order valence-corrected chi connectivity index (χ4v) is 2.07. The number of hydrogen-bond acceptors (Lipinski definition) is 3. The summed E-state index contributed by atoms with van der Waals surface area (Å²) in [6.07, 6.45) is 6.69. The van der Waals surface area contributed by atoms with E-state index in [4.69, 9.17) is 0 Å². The highest BCUT2D eigenvalue weighted by atomic mass is 16.2. The Labute approximate surface area is 112 Å². The molecule has 1 fully saturated rings. The lowest BCUT2D eigenvalue weighted by Gasteiger charge is -2.40. The zero-order valence-electron chi connectivity index (χ0n) is 11.4. The van der Waals surface area contributed by atoms with Crippen LogP contribution in [0.25, 0.3) is 6.08 Å². The molecule has 0 bridgehead atoms. The Morgan fingerprint density at radius 2 is 2.26 bits per heavy atom. The third kappa shape index (κ3) is 2.67. The van der Waals surface area contributed by atoms with E-state index in [2.05, 4.69) is 10.4 Å². The smallest absolute Gasteiger partial charge is 0.247 e. The van der Waals surface area contributed by atoms with Gasteiger partial charge in [-0.05, 0) is 19.9 Å². The molecular formula is C13H18N4O2. The number of hydrogen-bond donors (Lipinski definition) is 1. The molecule has 102 valence electrons. The molecule has 0 radical (unpaired) electrons. The molecule has 1 aliphatic rings. The molecule has 0 spiro atoms. The predicted molar refractivity (Wildman–Crippen MR) is 71.0 cm³/mol. The lowest BCUT2D eigenvalue weighted by molar-refractivity contribution is -0.146. The van der Waals surface area contributed by atoms with Crippen molar-refractivity contribution in [1.29, 1.82) is 0 Å². The van der Waals surface area contributed by atoms with Crippen molar-refractivity contribution in [3.05, 3.63) is 24.0 Å². The SMILES string of the molecule is Cn1cc(C=CC(=O)N2CCNC(=O)C2(C)C)cn1. The molecule has 1 saturated heterocycles. The van der Waals surface area contributed by atoms with Gasteiger partial charge in [0.15, 0.2) is 0 Å². The van der Waals surface area contributed by atoms with Gasteiger partial charge < -0.3 is 10.2 Å². The van der Waals surface area contributed by atoms with Crippen molar-refractivity contribution in [2.45, 2.75) is 19.4 Å². The molecule has 2 amide bonds. The first-order valence-electron chi connectivity index (χ1n) is 6.18. The molecule has 1 N–H and O–H groups in total. The molecule has 0 aliphatic carbocycles. The fraction of sp³-hybridized carbons (Fsp3) is 0.462. The fourth-order valence-electron chi connectivity index (χ4n) is 2.07.